The van der Waals surface area contributed by atoms with Gasteiger partial charge in [-0.25, -0.2) is 4.79 Å². The predicted molar refractivity (Wildman–Crippen MR) is 62.2 cm³/mol. The highest BCUT2D eigenvalue weighted by molar-refractivity contribution is 5.71. The largest absolute Gasteiger partial charge is 0.481 e. The van der Waals surface area contributed by atoms with Gasteiger partial charge in [0.2, 0.25) is 0 Å². The average molecular weight is 255 g/mol. The molecule has 0 aromatic rings. The van der Waals surface area contributed by atoms with Crippen molar-refractivity contribution in [3.05, 3.63) is 12.7 Å². The number of ether oxygens (including phenoxy) is 2. The molecule has 1 aliphatic heterocycles. The molecule has 0 radical (unpaired) electrons. The van der Waals surface area contributed by atoms with Gasteiger partial charge in [-0.05, 0) is 12.8 Å². The first kappa shape index (κ1) is 12.9. The Kier molecular flexibility index (Phi) is 3.56. The molecule has 18 heavy (non-hydrogen) atoms. The van der Waals surface area contributed by atoms with Crippen LogP contribution in [0.25, 0.3) is 0 Å². The van der Waals surface area contributed by atoms with E-state index >= 15 is 0 Å². The smallest absolute Gasteiger partial charge is 0.410 e. The molecule has 2 aliphatic rings. The minimum atomic E-state index is -0.925. The molecule has 1 N–H and O–H groups in total. The topological polar surface area (TPSA) is 76.1 Å². The van der Waals surface area contributed by atoms with Crippen LogP contribution >= 0.6 is 0 Å². The number of hydrogen-bond donors (Lipinski definition) is 1. The Morgan fingerprint density at radius 3 is 2.83 bits per heavy atom. The fourth-order valence-electron chi connectivity index (χ4n) is 2.15. The van der Waals surface area contributed by atoms with E-state index in [1.807, 2.05) is 0 Å². The summed E-state index contributed by atoms with van der Waals surface area (Å²) in [6.45, 7) is 4.33. The third-order valence-corrected chi connectivity index (χ3v) is 3.32. The Labute approximate surface area is 105 Å². The molecule has 1 spiro atoms. The van der Waals surface area contributed by atoms with Crippen LogP contribution in [-0.4, -0.2) is 53.5 Å². The van der Waals surface area contributed by atoms with Gasteiger partial charge in [0.05, 0.1) is 31.2 Å². The van der Waals surface area contributed by atoms with Gasteiger partial charge in [-0.1, -0.05) is 12.7 Å². The third kappa shape index (κ3) is 2.64. The Bertz CT molecular complexity index is 363. The SMILES string of the molecule is C=CCOC(=O)N1CC(CC(=O)O)OCC12CC2. The number of morpholine rings is 1. The van der Waals surface area contributed by atoms with Gasteiger partial charge in [-0.3, -0.25) is 9.69 Å². The number of aliphatic carboxylic acids is 1. The number of carboxylic acid groups (broad SMARTS) is 1. The normalized spacial score (nSPS) is 24.7. The van der Waals surface area contributed by atoms with E-state index in [2.05, 4.69) is 6.58 Å². The molecule has 1 saturated heterocycles. The summed E-state index contributed by atoms with van der Waals surface area (Å²) in [5, 5.41) is 8.75. The summed E-state index contributed by atoms with van der Waals surface area (Å²) in [5.74, 6) is -0.925. The molecular formula is C12H17NO5. The lowest BCUT2D eigenvalue weighted by Gasteiger charge is -2.39. The molecule has 0 aromatic carbocycles. The molecular weight excluding hydrogens is 238 g/mol. The van der Waals surface area contributed by atoms with E-state index in [-0.39, 0.29) is 25.1 Å². The van der Waals surface area contributed by atoms with Gasteiger partial charge in [-0.2, -0.15) is 0 Å². The fourth-order valence-corrected chi connectivity index (χ4v) is 2.15. The van der Waals surface area contributed by atoms with Crippen LogP contribution < -0.4 is 0 Å². The van der Waals surface area contributed by atoms with Gasteiger partial charge in [0.15, 0.2) is 0 Å². The van der Waals surface area contributed by atoms with Crippen LogP contribution in [0, 0.1) is 0 Å². The van der Waals surface area contributed by atoms with Crippen LogP contribution in [0.15, 0.2) is 12.7 Å². The van der Waals surface area contributed by atoms with Crippen LogP contribution in [-0.2, 0) is 14.3 Å². The molecule has 1 amide bonds. The van der Waals surface area contributed by atoms with Gasteiger partial charge >= 0.3 is 12.1 Å². The second-order valence-electron chi connectivity index (χ2n) is 4.73. The van der Waals surface area contributed by atoms with E-state index in [1.54, 1.807) is 4.90 Å². The summed E-state index contributed by atoms with van der Waals surface area (Å²) in [6.07, 6.45) is 2.32. The van der Waals surface area contributed by atoms with E-state index in [1.165, 1.54) is 6.08 Å². The Morgan fingerprint density at radius 1 is 1.56 bits per heavy atom. The lowest BCUT2D eigenvalue weighted by atomic mass is 10.1. The van der Waals surface area contributed by atoms with E-state index in [9.17, 15) is 9.59 Å². The van der Waals surface area contributed by atoms with E-state index in [0.717, 1.165) is 12.8 Å². The molecule has 0 bridgehead atoms. The van der Waals surface area contributed by atoms with Crippen LogP contribution in [0.2, 0.25) is 0 Å². The zero-order chi connectivity index (χ0) is 13.2. The number of rotatable bonds is 4. The molecule has 1 unspecified atom stereocenters. The van der Waals surface area contributed by atoms with Crippen molar-refractivity contribution in [1.82, 2.24) is 4.90 Å². The van der Waals surface area contributed by atoms with Crippen molar-refractivity contribution >= 4 is 12.1 Å². The standard InChI is InChI=1S/C12H17NO5/c1-2-5-17-11(16)13-7-9(6-10(14)15)18-8-12(13)3-4-12/h2,9H,1,3-8H2,(H,14,15). The first-order valence-corrected chi connectivity index (χ1v) is 5.96. The van der Waals surface area contributed by atoms with Crippen molar-refractivity contribution in [3.63, 3.8) is 0 Å². The Morgan fingerprint density at radius 2 is 2.28 bits per heavy atom. The molecule has 1 saturated carbocycles. The molecule has 1 atom stereocenters. The van der Waals surface area contributed by atoms with Crippen molar-refractivity contribution in [3.8, 4) is 0 Å². The molecule has 2 fully saturated rings. The highest BCUT2D eigenvalue weighted by Gasteiger charge is 2.54. The summed E-state index contributed by atoms with van der Waals surface area (Å²) in [6, 6.07) is 0. The lowest BCUT2D eigenvalue weighted by molar-refractivity contribution is -0.143. The summed E-state index contributed by atoms with van der Waals surface area (Å²) < 4.78 is 10.5. The number of carboxylic acids is 1. The molecule has 6 heteroatoms. The number of hydrogen-bond acceptors (Lipinski definition) is 4. The minimum absolute atomic E-state index is 0.0959. The van der Waals surface area contributed by atoms with Crippen molar-refractivity contribution < 1.29 is 24.2 Å². The Balaban J connectivity index is 1.97. The molecule has 100 valence electrons. The first-order valence-electron chi connectivity index (χ1n) is 5.96. The maximum absolute atomic E-state index is 11.9. The van der Waals surface area contributed by atoms with E-state index in [4.69, 9.17) is 14.6 Å². The number of carbonyl (C=O) groups is 2. The minimum Gasteiger partial charge on any atom is -0.481 e. The highest BCUT2D eigenvalue weighted by Crippen LogP contribution is 2.45. The van der Waals surface area contributed by atoms with Crippen LogP contribution in [0.5, 0.6) is 0 Å². The van der Waals surface area contributed by atoms with Gasteiger partial charge in [0.25, 0.3) is 0 Å². The van der Waals surface area contributed by atoms with Crippen molar-refractivity contribution in [2.24, 2.45) is 0 Å². The van der Waals surface area contributed by atoms with Crippen molar-refractivity contribution in [1.29, 1.82) is 0 Å². The number of nitrogens with zero attached hydrogens (tertiary/aromatic N) is 1. The Hall–Kier alpha value is -1.56. The monoisotopic (exact) mass is 255 g/mol. The van der Waals surface area contributed by atoms with Gasteiger partial charge in [-0.15, -0.1) is 0 Å². The van der Waals surface area contributed by atoms with E-state index < -0.39 is 18.2 Å². The number of amides is 1. The summed E-state index contributed by atoms with van der Waals surface area (Å²) in [7, 11) is 0. The maximum atomic E-state index is 11.9. The molecule has 0 aromatic heterocycles. The zero-order valence-electron chi connectivity index (χ0n) is 10.1. The quantitative estimate of drug-likeness (QED) is 0.759. The second kappa shape index (κ2) is 4.97. The summed E-state index contributed by atoms with van der Waals surface area (Å²) in [4.78, 5) is 24.2. The molecule has 1 aliphatic carbocycles. The van der Waals surface area contributed by atoms with Crippen molar-refractivity contribution in [2.75, 3.05) is 19.8 Å². The van der Waals surface area contributed by atoms with Gasteiger partial charge in [0.1, 0.15) is 6.61 Å². The van der Waals surface area contributed by atoms with Crippen molar-refractivity contribution in [2.45, 2.75) is 30.9 Å². The van der Waals surface area contributed by atoms with Crippen LogP contribution in [0.4, 0.5) is 4.79 Å². The highest BCUT2D eigenvalue weighted by atomic mass is 16.6. The summed E-state index contributed by atoms with van der Waals surface area (Å²) >= 11 is 0. The second-order valence-corrected chi connectivity index (χ2v) is 4.73. The lowest BCUT2D eigenvalue weighted by Crippen LogP contribution is -2.54. The maximum Gasteiger partial charge on any atom is 0.410 e. The summed E-state index contributed by atoms with van der Waals surface area (Å²) in [5.41, 5.74) is -0.257. The van der Waals surface area contributed by atoms with Crippen LogP contribution in [0.1, 0.15) is 19.3 Å². The van der Waals surface area contributed by atoms with Gasteiger partial charge in [0, 0.05) is 0 Å². The third-order valence-electron chi connectivity index (χ3n) is 3.32. The molecule has 1 heterocycles. The van der Waals surface area contributed by atoms with E-state index in [0.29, 0.717) is 6.61 Å². The van der Waals surface area contributed by atoms with Gasteiger partial charge < -0.3 is 14.6 Å². The number of carbonyl (C=O) groups excluding carboxylic acids is 1. The van der Waals surface area contributed by atoms with Crippen LogP contribution in [0.3, 0.4) is 0 Å². The zero-order valence-corrected chi connectivity index (χ0v) is 10.1. The first-order chi connectivity index (χ1) is 8.57. The fraction of sp³-hybridized carbons (Fsp3) is 0.667. The predicted octanol–water partition coefficient (Wildman–Crippen LogP) is 1.02. The molecule has 6 nitrogen and oxygen atoms in total. The molecule has 2 rings (SSSR count). The average Bonchev–Trinajstić information content (AvgIpc) is 3.09.